The van der Waals surface area contributed by atoms with Gasteiger partial charge in [-0.15, -0.1) is 0 Å². The highest BCUT2D eigenvalue weighted by Crippen LogP contribution is 2.24. The van der Waals surface area contributed by atoms with Crippen molar-refractivity contribution in [2.45, 2.75) is 0 Å². The van der Waals surface area contributed by atoms with Crippen LogP contribution in [0.2, 0.25) is 0 Å². The normalized spacial score (nSPS) is 11.3. The summed E-state index contributed by atoms with van der Waals surface area (Å²) in [6, 6.07) is 23.7. The van der Waals surface area contributed by atoms with E-state index in [9.17, 15) is 4.79 Å². The Labute approximate surface area is 173 Å². The first-order valence-corrected chi connectivity index (χ1v) is 9.34. The van der Waals surface area contributed by atoms with Crippen LogP contribution in [0.4, 0.5) is 11.4 Å². The fourth-order valence-electron chi connectivity index (χ4n) is 3.03. The van der Waals surface area contributed by atoms with Crippen molar-refractivity contribution < 1.29 is 18.7 Å². The summed E-state index contributed by atoms with van der Waals surface area (Å²) in [6.07, 6.45) is 0. The van der Waals surface area contributed by atoms with Crippen LogP contribution in [0.1, 0.15) is 10.4 Å². The molecular weight excluding hydrogens is 380 g/mol. The van der Waals surface area contributed by atoms with Gasteiger partial charge in [0.1, 0.15) is 22.6 Å². The fourth-order valence-corrected chi connectivity index (χ4v) is 3.03. The molecule has 4 rings (SSSR count). The van der Waals surface area contributed by atoms with Crippen molar-refractivity contribution in [2.24, 2.45) is 4.99 Å². The number of amides is 1. The van der Waals surface area contributed by atoms with Crippen molar-refractivity contribution >= 4 is 28.3 Å². The van der Waals surface area contributed by atoms with Crippen LogP contribution in [0.5, 0.6) is 11.5 Å². The lowest BCUT2D eigenvalue weighted by atomic mass is 10.1. The largest absolute Gasteiger partial charge is 0.497 e. The third-order valence-electron chi connectivity index (χ3n) is 4.56. The molecule has 6 nitrogen and oxygen atoms in total. The number of benzene rings is 3. The second-order valence-corrected chi connectivity index (χ2v) is 6.47. The van der Waals surface area contributed by atoms with E-state index in [0.29, 0.717) is 28.3 Å². The first-order valence-electron chi connectivity index (χ1n) is 9.34. The summed E-state index contributed by atoms with van der Waals surface area (Å²) in [6.45, 7) is 0. The Balaban J connectivity index is 1.81. The molecular formula is C24H20N2O4. The summed E-state index contributed by atoms with van der Waals surface area (Å²) in [7, 11) is 3.16. The van der Waals surface area contributed by atoms with Crippen molar-refractivity contribution in [2.75, 3.05) is 19.5 Å². The van der Waals surface area contributed by atoms with E-state index in [-0.39, 0.29) is 11.5 Å². The van der Waals surface area contributed by atoms with E-state index in [1.165, 1.54) is 0 Å². The van der Waals surface area contributed by atoms with E-state index < -0.39 is 0 Å². The van der Waals surface area contributed by atoms with Crippen LogP contribution >= 0.6 is 0 Å². The monoisotopic (exact) mass is 400 g/mol. The van der Waals surface area contributed by atoms with Crippen molar-refractivity contribution in [3.8, 4) is 11.5 Å². The summed E-state index contributed by atoms with van der Waals surface area (Å²) in [4.78, 5) is 17.7. The zero-order valence-electron chi connectivity index (χ0n) is 16.6. The Morgan fingerprint density at radius 3 is 2.40 bits per heavy atom. The Morgan fingerprint density at radius 2 is 1.63 bits per heavy atom. The molecule has 3 aromatic carbocycles. The molecule has 0 bridgehead atoms. The van der Waals surface area contributed by atoms with Gasteiger partial charge in [-0.1, -0.05) is 30.3 Å². The van der Waals surface area contributed by atoms with Crippen LogP contribution in [0.25, 0.3) is 11.0 Å². The average molecular weight is 400 g/mol. The molecule has 150 valence electrons. The highest BCUT2D eigenvalue weighted by molar-refractivity contribution is 6.06. The number of methoxy groups -OCH3 is 2. The molecule has 0 aliphatic rings. The molecule has 0 aliphatic carbocycles. The summed E-state index contributed by atoms with van der Waals surface area (Å²) in [5.41, 5.74) is 2.37. The van der Waals surface area contributed by atoms with Crippen LogP contribution in [0.15, 0.2) is 88.3 Å². The van der Waals surface area contributed by atoms with Crippen LogP contribution in [-0.2, 0) is 0 Å². The topological polar surface area (TPSA) is 73.1 Å². The molecule has 6 heteroatoms. The second-order valence-electron chi connectivity index (χ2n) is 6.47. The third-order valence-corrected chi connectivity index (χ3v) is 4.56. The van der Waals surface area contributed by atoms with Crippen molar-refractivity contribution in [3.05, 3.63) is 90.0 Å². The van der Waals surface area contributed by atoms with Crippen LogP contribution in [-0.4, -0.2) is 20.1 Å². The number of fused-ring (bicyclic) bond motifs is 1. The number of hydrogen-bond donors (Lipinski definition) is 1. The van der Waals surface area contributed by atoms with Crippen molar-refractivity contribution in [1.82, 2.24) is 0 Å². The number of ether oxygens (including phenoxy) is 2. The summed E-state index contributed by atoms with van der Waals surface area (Å²) < 4.78 is 16.5. The Morgan fingerprint density at radius 1 is 0.900 bits per heavy atom. The van der Waals surface area contributed by atoms with Gasteiger partial charge in [0.15, 0.2) is 0 Å². The lowest BCUT2D eigenvalue weighted by molar-refractivity contribution is 0.102. The van der Waals surface area contributed by atoms with E-state index >= 15 is 0 Å². The maximum atomic E-state index is 13.1. The Bertz CT molecular complexity index is 1260. The number of nitrogens with zero attached hydrogens (tertiary/aromatic N) is 1. The first-order chi connectivity index (χ1) is 14.7. The van der Waals surface area contributed by atoms with E-state index in [1.807, 2.05) is 36.4 Å². The number of nitrogens with one attached hydrogen (secondary N) is 1. The van der Waals surface area contributed by atoms with Crippen LogP contribution < -0.4 is 20.3 Å². The zero-order valence-corrected chi connectivity index (χ0v) is 16.6. The molecule has 0 atom stereocenters. The maximum absolute atomic E-state index is 13.1. The molecule has 1 N–H and O–H groups in total. The van der Waals surface area contributed by atoms with Crippen LogP contribution in [0, 0.1) is 0 Å². The molecule has 1 aromatic heterocycles. The van der Waals surface area contributed by atoms with Gasteiger partial charge in [-0.25, -0.2) is 4.99 Å². The van der Waals surface area contributed by atoms with E-state index in [1.54, 1.807) is 56.7 Å². The van der Waals surface area contributed by atoms with Crippen LogP contribution in [0.3, 0.4) is 0 Å². The van der Waals surface area contributed by atoms with Gasteiger partial charge >= 0.3 is 0 Å². The fraction of sp³-hybridized carbons (Fsp3) is 0.0833. The third kappa shape index (κ3) is 4.03. The number of anilines is 1. The quantitative estimate of drug-likeness (QED) is 0.515. The number of carbonyl (C=O) groups is 1. The molecule has 0 radical (unpaired) electrons. The zero-order chi connectivity index (χ0) is 20.9. The minimum absolute atomic E-state index is 0.214. The van der Waals surface area contributed by atoms with Crippen molar-refractivity contribution in [3.63, 3.8) is 0 Å². The molecule has 30 heavy (non-hydrogen) atoms. The highest BCUT2D eigenvalue weighted by Gasteiger charge is 2.15. The maximum Gasteiger partial charge on any atom is 0.261 e. The number of carbonyl (C=O) groups excluding carboxylic acids is 1. The lowest BCUT2D eigenvalue weighted by Crippen LogP contribution is -2.21. The van der Waals surface area contributed by atoms with E-state index in [4.69, 9.17) is 13.9 Å². The van der Waals surface area contributed by atoms with Crippen molar-refractivity contribution in [1.29, 1.82) is 0 Å². The number of para-hydroxylation sites is 3. The average Bonchev–Trinajstić information content (AvgIpc) is 2.79. The molecule has 0 fully saturated rings. The van der Waals surface area contributed by atoms with Gasteiger partial charge in [-0.3, -0.25) is 4.79 Å². The van der Waals surface area contributed by atoms with E-state index in [0.717, 1.165) is 11.1 Å². The molecule has 1 amide bonds. The standard InChI is InChI=1S/C24H20N2O4/c1-28-18-13-11-17(12-14-18)25-24-19(15-16-7-3-5-9-21(16)30-24)23(27)26-20-8-4-6-10-22(20)29-2/h3-15H,1-2H3,(H,26,27). The Kier molecular flexibility index (Phi) is 5.48. The predicted octanol–water partition coefficient (Wildman–Crippen LogP) is 4.93. The molecule has 0 unspecified atom stereocenters. The highest BCUT2D eigenvalue weighted by atomic mass is 16.5. The second kappa shape index (κ2) is 8.53. The van der Waals surface area contributed by atoms with Gasteiger partial charge in [0.25, 0.3) is 5.91 Å². The first kappa shape index (κ1) is 19.3. The molecule has 0 saturated carbocycles. The summed E-state index contributed by atoms with van der Waals surface area (Å²) >= 11 is 0. The van der Waals surface area contributed by atoms with E-state index in [2.05, 4.69) is 10.3 Å². The molecule has 0 aliphatic heterocycles. The minimum atomic E-state index is -0.346. The number of hydrogen-bond acceptors (Lipinski definition) is 5. The van der Waals surface area contributed by atoms with Gasteiger partial charge in [0, 0.05) is 5.39 Å². The smallest absolute Gasteiger partial charge is 0.261 e. The minimum Gasteiger partial charge on any atom is -0.497 e. The number of rotatable bonds is 5. The SMILES string of the molecule is COc1ccc(N=c2oc3ccccc3cc2C(=O)Nc2ccccc2OC)cc1. The van der Waals surface area contributed by atoms with Gasteiger partial charge in [-0.2, -0.15) is 0 Å². The molecule has 0 saturated heterocycles. The molecule has 4 aromatic rings. The van der Waals surface area contributed by atoms with Gasteiger partial charge < -0.3 is 19.2 Å². The molecule has 1 heterocycles. The van der Waals surface area contributed by atoms with Gasteiger partial charge in [0.05, 0.1) is 25.6 Å². The predicted molar refractivity (Wildman–Crippen MR) is 115 cm³/mol. The van der Waals surface area contributed by atoms with Gasteiger partial charge in [0.2, 0.25) is 5.55 Å². The Hall–Kier alpha value is -4.06. The lowest BCUT2D eigenvalue weighted by Gasteiger charge is -2.10. The molecule has 0 spiro atoms. The van der Waals surface area contributed by atoms with Gasteiger partial charge in [-0.05, 0) is 48.5 Å². The summed E-state index contributed by atoms with van der Waals surface area (Å²) in [5, 5.41) is 3.69. The summed E-state index contributed by atoms with van der Waals surface area (Å²) in [5.74, 6) is 0.942.